The molecule has 1 N–H and O–H groups in total. The summed E-state index contributed by atoms with van der Waals surface area (Å²) >= 11 is 0. The highest BCUT2D eigenvalue weighted by atomic mass is 32.2. The smallest absolute Gasteiger partial charge is 0.264 e. The van der Waals surface area contributed by atoms with Crippen LogP contribution >= 0.6 is 0 Å². The first kappa shape index (κ1) is 14.9. The van der Waals surface area contributed by atoms with E-state index in [1.54, 1.807) is 0 Å². The molecule has 0 aromatic heterocycles. The normalized spacial score (nSPS) is 11.4. The van der Waals surface area contributed by atoms with E-state index < -0.39 is 10.1 Å². The maximum atomic E-state index is 10.4. The molecule has 0 spiro atoms. The van der Waals surface area contributed by atoms with Crippen molar-refractivity contribution in [1.82, 2.24) is 0 Å². The lowest BCUT2D eigenvalue weighted by Gasteiger charge is -2.07. The van der Waals surface area contributed by atoms with E-state index in [0.717, 1.165) is 5.75 Å². The zero-order valence-corrected chi connectivity index (χ0v) is 11.1. The molecule has 0 heterocycles. The third-order valence-corrected chi connectivity index (χ3v) is 3.01. The number of hydrogen-bond donors (Lipinski definition) is 1. The van der Waals surface area contributed by atoms with Crippen LogP contribution in [0.4, 0.5) is 0 Å². The van der Waals surface area contributed by atoms with Crippen molar-refractivity contribution >= 4 is 10.1 Å². The summed E-state index contributed by atoms with van der Waals surface area (Å²) in [5.74, 6) is 0.508. The summed E-state index contributed by atoms with van der Waals surface area (Å²) in [6.07, 6.45) is 0.281. The summed E-state index contributed by atoms with van der Waals surface area (Å²) in [6.45, 7) is 3.09. The molecule has 0 fully saturated rings. The molecule has 0 amide bonds. The number of rotatable bonds is 8. The molecule has 1 aromatic carbocycles. The minimum Gasteiger partial charge on any atom is -0.491 e. The van der Waals surface area contributed by atoms with Gasteiger partial charge in [0.1, 0.15) is 12.4 Å². The van der Waals surface area contributed by atoms with Gasteiger partial charge in [-0.25, -0.2) is 0 Å². The summed E-state index contributed by atoms with van der Waals surface area (Å²) in [5, 5.41) is 0. The van der Waals surface area contributed by atoms with Gasteiger partial charge in [-0.05, 0) is 25.5 Å². The highest BCUT2D eigenvalue weighted by Crippen LogP contribution is 2.10. The van der Waals surface area contributed by atoms with Crippen molar-refractivity contribution < 1.29 is 22.4 Å². The van der Waals surface area contributed by atoms with Gasteiger partial charge in [0.25, 0.3) is 10.1 Å². The van der Waals surface area contributed by atoms with Gasteiger partial charge < -0.3 is 9.47 Å². The SMILES string of the molecule is Cc1ccc(OCCOCCCS(=O)(=O)O)cc1. The van der Waals surface area contributed by atoms with Crippen molar-refractivity contribution in [1.29, 1.82) is 0 Å². The van der Waals surface area contributed by atoms with Crippen LogP contribution in [0, 0.1) is 6.92 Å². The van der Waals surface area contributed by atoms with Crippen LogP contribution in [-0.2, 0) is 14.9 Å². The maximum Gasteiger partial charge on any atom is 0.264 e. The van der Waals surface area contributed by atoms with Gasteiger partial charge in [0.05, 0.1) is 12.4 Å². The maximum absolute atomic E-state index is 10.4. The van der Waals surface area contributed by atoms with Gasteiger partial charge in [0.2, 0.25) is 0 Å². The Morgan fingerprint density at radius 1 is 1.11 bits per heavy atom. The summed E-state index contributed by atoms with van der Waals surface area (Å²) in [7, 11) is -3.88. The lowest BCUT2D eigenvalue weighted by Crippen LogP contribution is -2.11. The summed E-state index contributed by atoms with van der Waals surface area (Å²) in [4.78, 5) is 0. The van der Waals surface area contributed by atoms with Gasteiger partial charge in [0.15, 0.2) is 0 Å². The number of aryl methyl sites for hydroxylation is 1. The standard InChI is InChI=1S/C12H18O5S/c1-11-3-5-12(6-4-11)17-9-8-16-7-2-10-18(13,14)15/h3-6H,2,7-10H2,1H3,(H,13,14,15). The van der Waals surface area contributed by atoms with Gasteiger partial charge in [-0.2, -0.15) is 8.42 Å². The molecule has 0 unspecified atom stereocenters. The van der Waals surface area contributed by atoms with Crippen LogP contribution in [0.15, 0.2) is 24.3 Å². The van der Waals surface area contributed by atoms with Crippen LogP contribution < -0.4 is 4.74 Å². The van der Waals surface area contributed by atoms with Crippen LogP contribution in [0.2, 0.25) is 0 Å². The second-order valence-electron chi connectivity index (χ2n) is 3.91. The fourth-order valence-electron chi connectivity index (χ4n) is 1.30. The van der Waals surface area contributed by atoms with Crippen molar-refractivity contribution in [3.8, 4) is 5.75 Å². The van der Waals surface area contributed by atoms with Gasteiger partial charge >= 0.3 is 0 Å². The molecule has 6 heteroatoms. The molecule has 18 heavy (non-hydrogen) atoms. The topological polar surface area (TPSA) is 72.8 Å². The molecule has 0 aliphatic rings. The molecule has 0 atom stereocenters. The fraction of sp³-hybridized carbons (Fsp3) is 0.500. The minimum absolute atomic E-state index is 0.272. The van der Waals surface area contributed by atoms with Crippen molar-refractivity contribution in [3.63, 3.8) is 0 Å². The second-order valence-corrected chi connectivity index (χ2v) is 5.49. The Bertz CT molecular complexity index is 438. The first-order valence-electron chi connectivity index (χ1n) is 5.70. The molecular weight excluding hydrogens is 256 g/mol. The average Bonchev–Trinajstić information content (AvgIpc) is 2.29. The molecular formula is C12H18O5S. The number of ether oxygens (including phenoxy) is 2. The third kappa shape index (κ3) is 7.26. The van der Waals surface area contributed by atoms with E-state index in [1.807, 2.05) is 31.2 Å². The molecule has 5 nitrogen and oxygen atoms in total. The second kappa shape index (κ2) is 7.35. The number of hydrogen-bond acceptors (Lipinski definition) is 4. The van der Waals surface area contributed by atoms with Crippen LogP contribution in [0.1, 0.15) is 12.0 Å². The minimum atomic E-state index is -3.88. The first-order valence-corrected chi connectivity index (χ1v) is 7.31. The highest BCUT2D eigenvalue weighted by molar-refractivity contribution is 7.85. The van der Waals surface area contributed by atoms with Crippen molar-refractivity contribution in [2.75, 3.05) is 25.6 Å². The van der Waals surface area contributed by atoms with Crippen molar-refractivity contribution in [2.45, 2.75) is 13.3 Å². The van der Waals surface area contributed by atoms with Gasteiger partial charge in [-0.3, -0.25) is 4.55 Å². The van der Waals surface area contributed by atoms with E-state index in [-0.39, 0.29) is 18.8 Å². The van der Waals surface area contributed by atoms with Gasteiger partial charge in [0, 0.05) is 6.61 Å². The molecule has 102 valence electrons. The fourth-order valence-corrected chi connectivity index (χ4v) is 1.78. The van der Waals surface area contributed by atoms with Crippen molar-refractivity contribution in [2.24, 2.45) is 0 Å². The molecule has 1 aromatic rings. The Balaban J connectivity index is 2.04. The molecule has 0 aliphatic carbocycles. The Morgan fingerprint density at radius 2 is 1.78 bits per heavy atom. The highest BCUT2D eigenvalue weighted by Gasteiger charge is 2.03. The Kier molecular flexibility index (Phi) is 6.11. The lowest BCUT2D eigenvalue weighted by atomic mass is 10.2. The molecule has 0 saturated heterocycles. The Morgan fingerprint density at radius 3 is 2.39 bits per heavy atom. The molecule has 0 aliphatic heterocycles. The van der Waals surface area contributed by atoms with Gasteiger partial charge in [-0.15, -0.1) is 0 Å². The molecule has 0 radical (unpaired) electrons. The average molecular weight is 274 g/mol. The van der Waals surface area contributed by atoms with E-state index in [0.29, 0.717) is 13.2 Å². The molecule has 1 rings (SSSR count). The molecule has 0 bridgehead atoms. The summed E-state index contributed by atoms with van der Waals surface area (Å²) in [5.41, 5.74) is 1.17. The summed E-state index contributed by atoms with van der Waals surface area (Å²) in [6, 6.07) is 7.69. The van der Waals surface area contributed by atoms with E-state index in [1.165, 1.54) is 5.56 Å². The lowest BCUT2D eigenvalue weighted by molar-refractivity contribution is 0.101. The quantitative estimate of drug-likeness (QED) is 0.576. The predicted octanol–water partition coefficient (Wildman–Crippen LogP) is 1.67. The summed E-state index contributed by atoms with van der Waals surface area (Å²) < 4.78 is 39.9. The van der Waals surface area contributed by atoms with E-state index in [9.17, 15) is 8.42 Å². The van der Waals surface area contributed by atoms with E-state index in [2.05, 4.69) is 0 Å². The van der Waals surface area contributed by atoms with E-state index in [4.69, 9.17) is 14.0 Å². The predicted molar refractivity (Wildman–Crippen MR) is 68.5 cm³/mol. The Labute approximate surface area is 107 Å². The largest absolute Gasteiger partial charge is 0.491 e. The van der Waals surface area contributed by atoms with Gasteiger partial charge in [-0.1, -0.05) is 17.7 Å². The van der Waals surface area contributed by atoms with E-state index >= 15 is 0 Å². The monoisotopic (exact) mass is 274 g/mol. The van der Waals surface area contributed by atoms with Crippen LogP contribution in [0.3, 0.4) is 0 Å². The van der Waals surface area contributed by atoms with Crippen molar-refractivity contribution in [3.05, 3.63) is 29.8 Å². The number of benzene rings is 1. The molecule has 0 saturated carbocycles. The van der Waals surface area contributed by atoms with Crippen LogP contribution in [-0.4, -0.2) is 38.5 Å². The first-order chi connectivity index (χ1) is 8.47. The Hall–Kier alpha value is -1.11. The zero-order valence-electron chi connectivity index (χ0n) is 10.3. The van der Waals surface area contributed by atoms with Crippen LogP contribution in [0.25, 0.3) is 0 Å². The zero-order chi connectivity index (χ0) is 13.4. The third-order valence-electron chi connectivity index (χ3n) is 2.21. The van der Waals surface area contributed by atoms with Crippen LogP contribution in [0.5, 0.6) is 5.75 Å².